The first kappa shape index (κ1) is 13.3. The van der Waals surface area contributed by atoms with Crippen LogP contribution in [0.1, 0.15) is 28.9 Å². The summed E-state index contributed by atoms with van der Waals surface area (Å²) < 4.78 is 5.31. The highest BCUT2D eigenvalue weighted by Gasteiger charge is 2.34. The quantitative estimate of drug-likeness (QED) is 0.852. The molecule has 1 N–H and O–H groups in total. The molecule has 0 spiro atoms. The summed E-state index contributed by atoms with van der Waals surface area (Å²) in [5.74, 6) is 0.240. The number of hydrogen-bond donors (Lipinski definition) is 1. The summed E-state index contributed by atoms with van der Waals surface area (Å²) in [7, 11) is 0. The maximum absolute atomic E-state index is 12.2. The molecule has 1 aromatic rings. The number of ether oxygens (including phenoxy) is 1. The zero-order valence-electron chi connectivity index (χ0n) is 10.4. The second-order valence-corrected chi connectivity index (χ2v) is 4.92. The van der Waals surface area contributed by atoms with Gasteiger partial charge in [0.1, 0.15) is 5.69 Å². The van der Waals surface area contributed by atoms with E-state index >= 15 is 0 Å². The van der Waals surface area contributed by atoms with Gasteiger partial charge in [-0.15, -0.1) is 11.6 Å². The lowest BCUT2D eigenvalue weighted by atomic mass is 9.92. The number of amides is 1. The van der Waals surface area contributed by atoms with Gasteiger partial charge in [0.2, 0.25) is 0 Å². The lowest BCUT2D eigenvalue weighted by Gasteiger charge is -2.36. The lowest BCUT2D eigenvalue weighted by molar-refractivity contribution is 0.0432. The fourth-order valence-corrected chi connectivity index (χ4v) is 2.41. The van der Waals surface area contributed by atoms with Gasteiger partial charge in [0.25, 0.3) is 5.91 Å². The van der Waals surface area contributed by atoms with Crippen molar-refractivity contribution in [2.24, 2.45) is 0 Å². The van der Waals surface area contributed by atoms with Crippen LogP contribution in [0.15, 0.2) is 18.3 Å². The number of nitrogens with zero attached hydrogens (tertiary/aromatic N) is 1. The van der Waals surface area contributed by atoms with Gasteiger partial charge in [0.15, 0.2) is 0 Å². The molecule has 0 aliphatic carbocycles. The number of carbonyl (C=O) groups excluding carboxylic acids is 1. The summed E-state index contributed by atoms with van der Waals surface area (Å²) in [6, 6.07) is 3.69. The Morgan fingerprint density at radius 2 is 2.28 bits per heavy atom. The topological polar surface area (TPSA) is 51.2 Å². The van der Waals surface area contributed by atoms with Gasteiger partial charge in [-0.25, -0.2) is 0 Å². The van der Waals surface area contributed by atoms with E-state index in [4.69, 9.17) is 16.3 Å². The molecular formula is C13H17ClN2O2. The first-order chi connectivity index (χ1) is 8.67. The van der Waals surface area contributed by atoms with Crippen LogP contribution in [0.2, 0.25) is 0 Å². The average Bonchev–Trinajstić information content (AvgIpc) is 2.40. The van der Waals surface area contributed by atoms with Crippen LogP contribution in [-0.4, -0.2) is 35.5 Å². The molecule has 0 radical (unpaired) electrons. The smallest absolute Gasteiger partial charge is 0.270 e. The third-order valence-corrected chi connectivity index (χ3v) is 3.82. The van der Waals surface area contributed by atoms with Crippen molar-refractivity contribution < 1.29 is 9.53 Å². The molecule has 1 aliphatic heterocycles. The van der Waals surface area contributed by atoms with Gasteiger partial charge in [0.05, 0.1) is 5.54 Å². The molecule has 2 heterocycles. The average molecular weight is 269 g/mol. The van der Waals surface area contributed by atoms with E-state index in [-0.39, 0.29) is 11.4 Å². The molecule has 1 fully saturated rings. The minimum atomic E-state index is -0.360. The van der Waals surface area contributed by atoms with Crippen molar-refractivity contribution in [2.45, 2.75) is 25.3 Å². The second kappa shape index (κ2) is 5.67. The van der Waals surface area contributed by atoms with E-state index in [1.54, 1.807) is 6.20 Å². The number of hydrogen-bond acceptors (Lipinski definition) is 3. The van der Waals surface area contributed by atoms with Gasteiger partial charge < -0.3 is 10.1 Å². The maximum atomic E-state index is 12.2. The Morgan fingerprint density at radius 3 is 2.89 bits per heavy atom. The van der Waals surface area contributed by atoms with E-state index in [1.807, 2.05) is 19.1 Å². The van der Waals surface area contributed by atoms with Gasteiger partial charge in [-0.3, -0.25) is 9.78 Å². The predicted octanol–water partition coefficient (Wildman–Crippen LogP) is 1.91. The monoisotopic (exact) mass is 268 g/mol. The van der Waals surface area contributed by atoms with Crippen LogP contribution in [0.25, 0.3) is 0 Å². The SMILES string of the molecule is Cc1cccnc1C(=O)NC1(CCl)CCOCC1. The van der Waals surface area contributed by atoms with Crippen molar-refractivity contribution in [1.82, 2.24) is 10.3 Å². The molecule has 1 aliphatic rings. The molecule has 18 heavy (non-hydrogen) atoms. The number of halogens is 1. The minimum Gasteiger partial charge on any atom is -0.381 e. The second-order valence-electron chi connectivity index (χ2n) is 4.65. The highest BCUT2D eigenvalue weighted by atomic mass is 35.5. The van der Waals surface area contributed by atoms with Crippen LogP contribution in [0.3, 0.4) is 0 Å². The molecule has 4 nitrogen and oxygen atoms in total. The van der Waals surface area contributed by atoms with E-state index in [0.29, 0.717) is 24.8 Å². The molecule has 1 amide bonds. The molecule has 1 saturated heterocycles. The summed E-state index contributed by atoms with van der Waals surface area (Å²) >= 11 is 6.02. The summed E-state index contributed by atoms with van der Waals surface area (Å²) in [4.78, 5) is 16.3. The zero-order valence-corrected chi connectivity index (χ0v) is 11.2. The molecule has 0 aromatic carbocycles. The first-order valence-corrected chi connectivity index (χ1v) is 6.58. The zero-order chi connectivity index (χ0) is 13.0. The Kier molecular flexibility index (Phi) is 4.19. The summed E-state index contributed by atoms with van der Waals surface area (Å²) in [5.41, 5.74) is 0.973. The largest absolute Gasteiger partial charge is 0.381 e. The number of aromatic nitrogens is 1. The standard InChI is InChI=1S/C13H17ClN2O2/c1-10-3-2-6-15-11(10)12(17)16-13(9-14)4-7-18-8-5-13/h2-3,6H,4-5,7-9H2,1H3,(H,16,17). The Morgan fingerprint density at radius 1 is 1.56 bits per heavy atom. The van der Waals surface area contributed by atoms with Crippen molar-refractivity contribution in [3.8, 4) is 0 Å². The Balaban J connectivity index is 2.13. The fourth-order valence-electron chi connectivity index (χ4n) is 2.08. The van der Waals surface area contributed by atoms with Crippen LogP contribution >= 0.6 is 11.6 Å². The molecule has 0 bridgehead atoms. The van der Waals surface area contributed by atoms with Crippen LogP contribution in [0.4, 0.5) is 0 Å². The third kappa shape index (κ3) is 2.82. The fraction of sp³-hybridized carbons (Fsp3) is 0.538. The molecule has 0 atom stereocenters. The molecule has 0 saturated carbocycles. The van der Waals surface area contributed by atoms with Gasteiger partial charge in [-0.05, 0) is 31.4 Å². The van der Waals surface area contributed by atoms with Crippen LogP contribution in [0.5, 0.6) is 0 Å². The highest BCUT2D eigenvalue weighted by Crippen LogP contribution is 2.23. The first-order valence-electron chi connectivity index (χ1n) is 6.05. The number of pyridine rings is 1. The summed E-state index contributed by atoms with van der Waals surface area (Å²) in [6.07, 6.45) is 3.11. The Bertz CT molecular complexity index is 431. The maximum Gasteiger partial charge on any atom is 0.270 e. The van der Waals surface area contributed by atoms with E-state index < -0.39 is 0 Å². The normalized spacial score (nSPS) is 18.3. The van der Waals surface area contributed by atoms with Crippen molar-refractivity contribution >= 4 is 17.5 Å². The highest BCUT2D eigenvalue weighted by molar-refractivity contribution is 6.19. The Hall–Kier alpha value is -1.13. The van der Waals surface area contributed by atoms with E-state index in [0.717, 1.165) is 18.4 Å². The van der Waals surface area contributed by atoms with Gasteiger partial charge >= 0.3 is 0 Å². The van der Waals surface area contributed by atoms with Gasteiger partial charge in [-0.1, -0.05) is 6.07 Å². The Labute approximate surface area is 112 Å². The van der Waals surface area contributed by atoms with Crippen LogP contribution in [-0.2, 0) is 4.74 Å². The van der Waals surface area contributed by atoms with Crippen molar-refractivity contribution in [3.05, 3.63) is 29.6 Å². The minimum absolute atomic E-state index is 0.157. The number of alkyl halides is 1. The molecule has 1 aromatic heterocycles. The van der Waals surface area contributed by atoms with Crippen LogP contribution in [0, 0.1) is 6.92 Å². The number of rotatable bonds is 3. The van der Waals surface area contributed by atoms with Crippen molar-refractivity contribution in [1.29, 1.82) is 0 Å². The molecule has 5 heteroatoms. The third-order valence-electron chi connectivity index (χ3n) is 3.31. The van der Waals surface area contributed by atoms with Crippen molar-refractivity contribution in [2.75, 3.05) is 19.1 Å². The van der Waals surface area contributed by atoms with Crippen molar-refractivity contribution in [3.63, 3.8) is 0 Å². The summed E-state index contributed by atoms with van der Waals surface area (Å²) in [5, 5.41) is 3.03. The molecule has 98 valence electrons. The van der Waals surface area contributed by atoms with E-state index in [9.17, 15) is 4.79 Å². The molecular weight excluding hydrogens is 252 g/mol. The van der Waals surface area contributed by atoms with Gasteiger partial charge in [-0.2, -0.15) is 0 Å². The van der Waals surface area contributed by atoms with E-state index in [2.05, 4.69) is 10.3 Å². The molecule has 2 rings (SSSR count). The number of carbonyl (C=O) groups is 1. The van der Waals surface area contributed by atoms with Gasteiger partial charge in [0, 0.05) is 25.3 Å². The molecule has 0 unspecified atom stereocenters. The number of nitrogens with one attached hydrogen (secondary N) is 1. The predicted molar refractivity (Wildman–Crippen MR) is 69.9 cm³/mol. The van der Waals surface area contributed by atoms with Crippen LogP contribution < -0.4 is 5.32 Å². The van der Waals surface area contributed by atoms with E-state index in [1.165, 1.54) is 0 Å². The lowest BCUT2D eigenvalue weighted by Crippen LogP contribution is -2.53. The number of aryl methyl sites for hydroxylation is 1. The summed E-state index contributed by atoms with van der Waals surface area (Å²) in [6.45, 7) is 3.14.